The number of nitrogen functional groups attached to an aromatic ring is 1. The molecule has 3 N–H and O–H groups in total. The van der Waals surface area contributed by atoms with E-state index >= 15 is 0 Å². The van der Waals surface area contributed by atoms with E-state index in [-0.39, 0.29) is 17.9 Å². The first-order valence-corrected chi connectivity index (χ1v) is 11.6. The Hall–Kier alpha value is -4.78. The van der Waals surface area contributed by atoms with E-state index in [4.69, 9.17) is 10.7 Å². The predicted octanol–water partition coefficient (Wildman–Crippen LogP) is 3.10. The second-order valence-corrected chi connectivity index (χ2v) is 8.38. The van der Waals surface area contributed by atoms with Gasteiger partial charge in [-0.15, -0.1) is 5.10 Å². The minimum Gasteiger partial charge on any atom is -0.382 e. The molecule has 1 atom stereocenters. The number of fused-ring (bicyclic) bond motifs is 1. The third-order valence-electron chi connectivity index (χ3n) is 6.14. The van der Waals surface area contributed by atoms with E-state index < -0.39 is 0 Å². The molecule has 0 spiro atoms. The van der Waals surface area contributed by atoms with Crippen LogP contribution in [0.15, 0.2) is 55.0 Å². The summed E-state index contributed by atoms with van der Waals surface area (Å²) in [6, 6.07) is 10.2. The van der Waals surface area contributed by atoms with Crippen LogP contribution in [0.5, 0.6) is 0 Å². The normalized spacial score (nSPS) is 15.2. The van der Waals surface area contributed by atoms with E-state index in [2.05, 4.69) is 32.3 Å². The van der Waals surface area contributed by atoms with Gasteiger partial charge in [-0.2, -0.15) is 5.10 Å². The number of imidazole rings is 1. The van der Waals surface area contributed by atoms with Crippen LogP contribution in [0, 0.1) is 11.8 Å². The number of hydrogen-bond donors (Lipinski definition) is 2. The Bertz CT molecular complexity index is 1490. The van der Waals surface area contributed by atoms with Gasteiger partial charge in [-0.05, 0) is 56.4 Å². The minimum atomic E-state index is -0.299. The van der Waals surface area contributed by atoms with Crippen molar-refractivity contribution in [2.45, 2.75) is 32.2 Å². The van der Waals surface area contributed by atoms with Crippen LogP contribution in [0.1, 0.15) is 48.4 Å². The van der Waals surface area contributed by atoms with Gasteiger partial charge in [-0.1, -0.05) is 18.1 Å². The Morgan fingerprint density at radius 3 is 2.72 bits per heavy atom. The molecule has 5 rings (SSSR count). The van der Waals surface area contributed by atoms with E-state index in [1.807, 2.05) is 22.7 Å². The Labute approximate surface area is 207 Å². The van der Waals surface area contributed by atoms with Crippen molar-refractivity contribution in [2.75, 3.05) is 17.6 Å². The molecular weight excluding hydrogens is 456 g/mol. The van der Waals surface area contributed by atoms with Crippen molar-refractivity contribution in [3.05, 3.63) is 66.4 Å². The molecule has 4 heterocycles. The number of hydrogen-bond acceptors (Lipinski definition) is 7. The van der Waals surface area contributed by atoms with Crippen LogP contribution in [0.2, 0.25) is 0 Å². The number of nitrogens with two attached hydrogens (primary N) is 1. The van der Waals surface area contributed by atoms with Crippen molar-refractivity contribution >= 4 is 29.0 Å². The maximum atomic E-state index is 12.7. The average molecular weight is 481 g/mol. The SMILES string of the molecule is CC#CC(=O)N1CCCCC1c1nc(-c2ccc(C(=O)Nc3cccnn3)cc2)c2c(N)nccn12. The summed E-state index contributed by atoms with van der Waals surface area (Å²) in [4.78, 5) is 36.4. The molecule has 2 amide bonds. The Morgan fingerprint density at radius 2 is 1.97 bits per heavy atom. The molecule has 1 aromatic carbocycles. The number of carbonyl (C=O) groups excluding carboxylic acids is 2. The molecule has 1 unspecified atom stereocenters. The van der Waals surface area contributed by atoms with Crippen LogP contribution in [-0.4, -0.2) is 47.8 Å². The smallest absolute Gasteiger partial charge is 0.299 e. The topological polar surface area (TPSA) is 131 Å². The van der Waals surface area contributed by atoms with Crippen LogP contribution in [0.4, 0.5) is 11.6 Å². The number of nitrogens with one attached hydrogen (secondary N) is 1. The molecular formula is C26H24N8O2. The van der Waals surface area contributed by atoms with Gasteiger partial charge in [0.15, 0.2) is 5.82 Å². The first-order chi connectivity index (χ1) is 17.6. The van der Waals surface area contributed by atoms with E-state index in [0.717, 1.165) is 24.8 Å². The summed E-state index contributed by atoms with van der Waals surface area (Å²) in [5.74, 6) is 6.28. The zero-order valence-corrected chi connectivity index (χ0v) is 19.7. The molecule has 1 aliphatic rings. The predicted molar refractivity (Wildman–Crippen MR) is 135 cm³/mol. The van der Waals surface area contributed by atoms with E-state index in [9.17, 15) is 9.59 Å². The van der Waals surface area contributed by atoms with E-state index in [1.54, 1.807) is 42.3 Å². The van der Waals surface area contributed by atoms with E-state index in [1.165, 1.54) is 6.20 Å². The summed E-state index contributed by atoms with van der Waals surface area (Å²) in [6.45, 7) is 2.28. The number of likely N-dealkylation sites (tertiary alicyclic amines) is 1. The minimum absolute atomic E-state index is 0.207. The summed E-state index contributed by atoms with van der Waals surface area (Å²) < 4.78 is 1.90. The quantitative estimate of drug-likeness (QED) is 0.429. The van der Waals surface area contributed by atoms with Crippen molar-refractivity contribution in [2.24, 2.45) is 0 Å². The van der Waals surface area contributed by atoms with E-state index in [0.29, 0.717) is 40.8 Å². The fourth-order valence-electron chi connectivity index (χ4n) is 4.48. The third kappa shape index (κ3) is 4.34. The zero-order valence-electron chi connectivity index (χ0n) is 19.7. The van der Waals surface area contributed by atoms with Gasteiger partial charge < -0.3 is 16.0 Å². The van der Waals surface area contributed by atoms with Crippen molar-refractivity contribution in [3.8, 4) is 23.1 Å². The van der Waals surface area contributed by atoms with Gasteiger partial charge in [0.25, 0.3) is 11.8 Å². The zero-order chi connectivity index (χ0) is 25.1. The molecule has 10 heteroatoms. The number of amides is 2. The highest BCUT2D eigenvalue weighted by Gasteiger charge is 2.32. The highest BCUT2D eigenvalue weighted by atomic mass is 16.2. The molecule has 1 aliphatic heterocycles. The monoisotopic (exact) mass is 480 g/mol. The molecule has 1 saturated heterocycles. The molecule has 0 saturated carbocycles. The summed E-state index contributed by atoms with van der Waals surface area (Å²) in [7, 11) is 0. The fourth-order valence-corrected chi connectivity index (χ4v) is 4.48. The number of rotatable bonds is 4. The van der Waals surface area contributed by atoms with Gasteiger partial charge in [0.2, 0.25) is 0 Å². The summed E-state index contributed by atoms with van der Waals surface area (Å²) in [5, 5.41) is 10.4. The molecule has 10 nitrogen and oxygen atoms in total. The summed E-state index contributed by atoms with van der Waals surface area (Å²) in [5.41, 5.74) is 8.82. The molecule has 1 fully saturated rings. The first kappa shape index (κ1) is 23.0. The number of piperidine rings is 1. The van der Waals surface area contributed by atoms with Crippen molar-refractivity contribution in [1.82, 2.24) is 29.5 Å². The second kappa shape index (κ2) is 9.84. The molecule has 4 aromatic rings. The lowest BCUT2D eigenvalue weighted by Crippen LogP contribution is -2.38. The molecule has 0 aliphatic carbocycles. The fraction of sp³-hybridized carbons (Fsp3) is 0.231. The van der Waals surface area contributed by atoms with Gasteiger partial charge in [-0.3, -0.25) is 14.0 Å². The number of benzene rings is 1. The lowest BCUT2D eigenvalue weighted by Gasteiger charge is -2.33. The number of carbonyl (C=O) groups is 2. The van der Waals surface area contributed by atoms with Crippen molar-refractivity contribution < 1.29 is 9.59 Å². The first-order valence-electron chi connectivity index (χ1n) is 11.6. The highest BCUT2D eigenvalue weighted by Crippen LogP contribution is 2.35. The second-order valence-electron chi connectivity index (χ2n) is 8.38. The molecule has 3 aromatic heterocycles. The largest absolute Gasteiger partial charge is 0.382 e. The Morgan fingerprint density at radius 1 is 1.14 bits per heavy atom. The van der Waals surface area contributed by atoms with Crippen LogP contribution in [0.25, 0.3) is 16.8 Å². The standard InChI is InChI=1S/C26H24N8O2/c1-2-6-21(35)33-15-4-3-7-19(33)25-31-22(23-24(27)28-14-16-34(23)25)17-9-11-18(12-10-17)26(36)30-20-8-5-13-29-32-20/h5,8-14,16,19H,3-4,7,15H2,1H3,(H2,27,28)(H,30,32,36). The lowest BCUT2D eigenvalue weighted by atomic mass is 10.0. The molecule has 0 radical (unpaired) electrons. The number of anilines is 2. The van der Waals surface area contributed by atoms with Gasteiger partial charge in [0.1, 0.15) is 22.9 Å². The third-order valence-corrected chi connectivity index (χ3v) is 6.14. The average Bonchev–Trinajstić information content (AvgIpc) is 3.30. The molecule has 180 valence electrons. The van der Waals surface area contributed by atoms with Gasteiger partial charge in [0, 0.05) is 36.3 Å². The Balaban J connectivity index is 1.52. The van der Waals surface area contributed by atoms with Crippen LogP contribution in [-0.2, 0) is 4.79 Å². The Kier molecular flexibility index (Phi) is 6.28. The summed E-state index contributed by atoms with van der Waals surface area (Å²) in [6.07, 6.45) is 7.65. The number of aromatic nitrogens is 5. The number of nitrogens with zero attached hydrogens (tertiary/aromatic N) is 6. The van der Waals surface area contributed by atoms with Crippen molar-refractivity contribution in [3.63, 3.8) is 0 Å². The maximum Gasteiger partial charge on any atom is 0.299 e. The van der Waals surface area contributed by atoms with Crippen LogP contribution < -0.4 is 11.1 Å². The maximum absolute atomic E-state index is 12.7. The molecule has 36 heavy (non-hydrogen) atoms. The van der Waals surface area contributed by atoms with Gasteiger partial charge in [0.05, 0.1) is 6.04 Å². The van der Waals surface area contributed by atoms with Gasteiger partial charge in [-0.25, -0.2) is 9.97 Å². The molecule has 0 bridgehead atoms. The lowest BCUT2D eigenvalue weighted by molar-refractivity contribution is -0.129. The highest BCUT2D eigenvalue weighted by molar-refractivity contribution is 6.04. The van der Waals surface area contributed by atoms with Crippen LogP contribution in [0.3, 0.4) is 0 Å². The van der Waals surface area contributed by atoms with Crippen LogP contribution >= 0.6 is 0 Å². The van der Waals surface area contributed by atoms with Gasteiger partial charge >= 0.3 is 0 Å². The summed E-state index contributed by atoms with van der Waals surface area (Å²) >= 11 is 0. The van der Waals surface area contributed by atoms with Crippen molar-refractivity contribution in [1.29, 1.82) is 0 Å².